The summed E-state index contributed by atoms with van der Waals surface area (Å²) >= 11 is 3.18. The summed E-state index contributed by atoms with van der Waals surface area (Å²) in [6.07, 6.45) is 0.796. The zero-order chi connectivity index (χ0) is 12.4. The van der Waals surface area contributed by atoms with Gasteiger partial charge in [0.05, 0.1) is 0 Å². The van der Waals surface area contributed by atoms with Gasteiger partial charge in [-0.3, -0.25) is 4.79 Å². The van der Waals surface area contributed by atoms with Gasteiger partial charge >= 0.3 is 0 Å². The van der Waals surface area contributed by atoms with Crippen LogP contribution in [-0.2, 0) is 4.79 Å². The topological polar surface area (TPSA) is 29.1 Å². The Morgan fingerprint density at radius 2 is 2.35 bits per heavy atom. The van der Waals surface area contributed by atoms with Crippen LogP contribution < -0.4 is 5.32 Å². The van der Waals surface area contributed by atoms with Crippen molar-refractivity contribution in [3.8, 4) is 0 Å². The van der Waals surface area contributed by atoms with Gasteiger partial charge in [0.2, 0.25) is 5.91 Å². The summed E-state index contributed by atoms with van der Waals surface area (Å²) in [5, 5.41) is 2.78. The molecule has 0 spiro atoms. The molecule has 1 saturated carbocycles. The van der Waals surface area contributed by atoms with Crippen LogP contribution in [0.2, 0.25) is 0 Å². The maximum atomic E-state index is 13.0. The summed E-state index contributed by atoms with van der Waals surface area (Å²) in [6, 6.07) is 6.46. The van der Waals surface area contributed by atoms with Crippen LogP contribution in [0, 0.1) is 11.7 Å². The molecule has 0 saturated heterocycles. The highest BCUT2D eigenvalue weighted by atomic mass is 79.9. The summed E-state index contributed by atoms with van der Waals surface area (Å²) in [7, 11) is 0. The quantitative estimate of drug-likeness (QED) is 0.910. The van der Waals surface area contributed by atoms with Gasteiger partial charge in [0, 0.05) is 16.9 Å². The minimum absolute atomic E-state index is 0.0138. The molecule has 1 aromatic rings. The SMILES string of the molecule is C=C(Br)CNC(=O)C1CC1c1cccc(F)c1. The van der Waals surface area contributed by atoms with E-state index < -0.39 is 0 Å². The predicted octanol–water partition coefficient (Wildman–Crippen LogP) is 2.95. The third-order valence-corrected chi connectivity index (χ3v) is 3.14. The summed E-state index contributed by atoms with van der Waals surface area (Å²) in [5.74, 6) is -0.0970. The van der Waals surface area contributed by atoms with Crippen LogP contribution >= 0.6 is 15.9 Å². The molecule has 0 bridgehead atoms. The van der Waals surface area contributed by atoms with Crippen LogP contribution in [0.15, 0.2) is 35.3 Å². The largest absolute Gasteiger partial charge is 0.351 e. The monoisotopic (exact) mass is 297 g/mol. The van der Waals surface area contributed by atoms with E-state index in [4.69, 9.17) is 0 Å². The van der Waals surface area contributed by atoms with Crippen molar-refractivity contribution in [2.75, 3.05) is 6.54 Å². The Morgan fingerprint density at radius 1 is 1.59 bits per heavy atom. The lowest BCUT2D eigenvalue weighted by molar-refractivity contribution is -0.122. The summed E-state index contributed by atoms with van der Waals surface area (Å²) in [6.45, 7) is 4.08. The molecular formula is C13H13BrFNO. The fraction of sp³-hybridized carbons (Fsp3) is 0.308. The molecule has 90 valence electrons. The third-order valence-electron chi connectivity index (χ3n) is 2.86. The van der Waals surface area contributed by atoms with Gasteiger partial charge in [-0.2, -0.15) is 0 Å². The molecule has 0 heterocycles. The molecule has 1 fully saturated rings. The van der Waals surface area contributed by atoms with Gasteiger partial charge in [0.15, 0.2) is 0 Å². The number of carbonyl (C=O) groups excluding carboxylic acids is 1. The number of hydrogen-bond donors (Lipinski definition) is 1. The molecular weight excluding hydrogens is 285 g/mol. The Hall–Kier alpha value is -1.16. The van der Waals surface area contributed by atoms with Gasteiger partial charge in [0.25, 0.3) is 0 Å². The maximum Gasteiger partial charge on any atom is 0.224 e. The molecule has 1 aromatic carbocycles. The number of carbonyl (C=O) groups is 1. The van der Waals surface area contributed by atoms with E-state index in [1.165, 1.54) is 12.1 Å². The fourth-order valence-electron chi connectivity index (χ4n) is 1.90. The Labute approximate surface area is 108 Å². The smallest absolute Gasteiger partial charge is 0.224 e. The number of benzene rings is 1. The third kappa shape index (κ3) is 3.16. The van der Waals surface area contributed by atoms with Crippen molar-refractivity contribution in [1.29, 1.82) is 0 Å². The molecule has 0 aliphatic heterocycles. The van der Waals surface area contributed by atoms with Crippen LogP contribution in [0.25, 0.3) is 0 Å². The predicted molar refractivity (Wildman–Crippen MR) is 68.3 cm³/mol. The Kier molecular flexibility index (Phi) is 3.62. The van der Waals surface area contributed by atoms with Crippen LogP contribution in [-0.4, -0.2) is 12.5 Å². The van der Waals surface area contributed by atoms with Gasteiger partial charge < -0.3 is 5.32 Å². The molecule has 0 aromatic heterocycles. The van der Waals surface area contributed by atoms with Crippen molar-refractivity contribution < 1.29 is 9.18 Å². The first kappa shape index (κ1) is 12.3. The molecule has 2 atom stereocenters. The first-order chi connectivity index (χ1) is 8.08. The van der Waals surface area contributed by atoms with Crippen molar-refractivity contribution in [3.63, 3.8) is 0 Å². The van der Waals surface area contributed by atoms with E-state index in [0.717, 1.165) is 16.5 Å². The van der Waals surface area contributed by atoms with Crippen LogP contribution in [0.3, 0.4) is 0 Å². The Morgan fingerprint density at radius 3 is 3.00 bits per heavy atom. The first-order valence-electron chi connectivity index (χ1n) is 5.44. The van der Waals surface area contributed by atoms with Gasteiger partial charge in [-0.05, 0) is 30.0 Å². The van der Waals surface area contributed by atoms with E-state index in [9.17, 15) is 9.18 Å². The standard InChI is InChI=1S/C13H13BrFNO/c1-8(14)7-16-13(17)12-6-11(12)9-3-2-4-10(15)5-9/h2-5,11-12H,1,6-7H2,(H,16,17). The Bertz CT molecular complexity index is 460. The number of halogens is 2. The lowest BCUT2D eigenvalue weighted by Gasteiger charge is -2.03. The maximum absolute atomic E-state index is 13.0. The highest BCUT2D eigenvalue weighted by Gasteiger charge is 2.43. The summed E-state index contributed by atoms with van der Waals surface area (Å²) in [4.78, 5) is 11.7. The van der Waals surface area contributed by atoms with Crippen molar-refractivity contribution in [3.05, 3.63) is 46.7 Å². The normalized spacial score (nSPS) is 22.0. The zero-order valence-electron chi connectivity index (χ0n) is 9.25. The van der Waals surface area contributed by atoms with Crippen LogP contribution in [0.1, 0.15) is 17.9 Å². The minimum atomic E-state index is -0.248. The first-order valence-corrected chi connectivity index (χ1v) is 6.23. The van der Waals surface area contributed by atoms with Gasteiger partial charge in [-0.1, -0.05) is 34.6 Å². The fourth-order valence-corrected chi connectivity index (χ4v) is 2.04. The van der Waals surface area contributed by atoms with Gasteiger partial charge in [-0.15, -0.1) is 0 Å². The van der Waals surface area contributed by atoms with E-state index in [2.05, 4.69) is 27.8 Å². The van der Waals surface area contributed by atoms with Crippen molar-refractivity contribution >= 4 is 21.8 Å². The molecule has 17 heavy (non-hydrogen) atoms. The van der Waals surface area contributed by atoms with E-state index in [1.54, 1.807) is 6.07 Å². The van der Waals surface area contributed by atoms with Crippen LogP contribution in [0.4, 0.5) is 4.39 Å². The average Bonchev–Trinajstić information content (AvgIpc) is 3.05. The molecule has 1 aliphatic rings. The molecule has 2 rings (SSSR count). The molecule has 1 N–H and O–H groups in total. The van der Waals surface area contributed by atoms with E-state index in [0.29, 0.717) is 6.54 Å². The number of rotatable bonds is 4. The summed E-state index contributed by atoms with van der Waals surface area (Å²) < 4.78 is 13.8. The molecule has 4 heteroatoms. The molecule has 0 radical (unpaired) electrons. The van der Waals surface area contributed by atoms with E-state index in [-0.39, 0.29) is 23.6 Å². The number of hydrogen-bond acceptors (Lipinski definition) is 1. The lowest BCUT2D eigenvalue weighted by atomic mass is 10.1. The lowest BCUT2D eigenvalue weighted by Crippen LogP contribution is -2.26. The van der Waals surface area contributed by atoms with E-state index >= 15 is 0 Å². The number of amides is 1. The van der Waals surface area contributed by atoms with Gasteiger partial charge in [-0.25, -0.2) is 4.39 Å². The second-order valence-electron chi connectivity index (χ2n) is 4.24. The highest BCUT2D eigenvalue weighted by Crippen LogP contribution is 2.47. The van der Waals surface area contributed by atoms with Crippen molar-refractivity contribution in [2.45, 2.75) is 12.3 Å². The zero-order valence-corrected chi connectivity index (χ0v) is 10.8. The summed E-state index contributed by atoms with van der Waals surface area (Å²) in [5.41, 5.74) is 0.905. The number of nitrogens with one attached hydrogen (secondary N) is 1. The van der Waals surface area contributed by atoms with E-state index in [1.807, 2.05) is 6.07 Å². The van der Waals surface area contributed by atoms with Crippen molar-refractivity contribution in [1.82, 2.24) is 5.32 Å². The van der Waals surface area contributed by atoms with Crippen LogP contribution in [0.5, 0.6) is 0 Å². The van der Waals surface area contributed by atoms with Gasteiger partial charge in [0.1, 0.15) is 5.82 Å². The minimum Gasteiger partial charge on any atom is -0.351 e. The second kappa shape index (κ2) is 5.00. The molecule has 2 unspecified atom stereocenters. The van der Waals surface area contributed by atoms with Crippen molar-refractivity contribution in [2.24, 2.45) is 5.92 Å². The second-order valence-corrected chi connectivity index (χ2v) is 5.36. The molecule has 1 aliphatic carbocycles. The highest BCUT2D eigenvalue weighted by molar-refractivity contribution is 9.11. The average molecular weight is 298 g/mol. The Balaban J connectivity index is 1.92. The molecule has 2 nitrogen and oxygen atoms in total. The molecule has 1 amide bonds.